The lowest BCUT2D eigenvalue weighted by Crippen LogP contribution is -2.23. The fraction of sp³-hybridized carbons (Fsp3) is 0.286. The highest BCUT2D eigenvalue weighted by atomic mass is 14.9. The minimum Gasteiger partial charge on any atom is -0.397 e. The number of rotatable bonds is 6. The molecular weight excluding hydrogens is 336 g/mol. The van der Waals surface area contributed by atoms with E-state index < -0.39 is 0 Å². The lowest BCUT2D eigenvalue weighted by molar-refractivity contribution is 0.403. The predicted octanol–water partition coefficient (Wildman–Crippen LogP) is 3.87. The van der Waals surface area contributed by atoms with E-state index in [0.717, 1.165) is 23.4 Å². The molecular formula is C21H26N6. The summed E-state index contributed by atoms with van der Waals surface area (Å²) in [5.74, 6) is 0. The predicted molar refractivity (Wildman–Crippen MR) is 113 cm³/mol. The quantitative estimate of drug-likeness (QED) is 0.460. The zero-order valence-corrected chi connectivity index (χ0v) is 16.2. The van der Waals surface area contributed by atoms with Crippen molar-refractivity contribution in [1.29, 1.82) is 10.7 Å². The third kappa shape index (κ3) is 5.08. The van der Waals surface area contributed by atoms with E-state index in [1.165, 1.54) is 6.21 Å². The number of nitrogens with zero attached hydrogens (tertiary/aromatic N) is 2. The molecule has 1 heterocycles. The minimum absolute atomic E-state index is 0.118. The standard InChI is InChI=1S/C21H26N6/c1-21(2,3)13-26-12-15(10-22)17-7-6-16(11-23)27-20(17)14-5-8-19(25-4)18(24)9-14/h5-10,12,22,25-26H,13,24H2,1-4H3/b15-12+,22-10?. The number of hydrogen-bond donors (Lipinski definition) is 4. The minimum atomic E-state index is 0.118. The number of allylic oxidation sites excluding steroid dienone is 1. The molecule has 27 heavy (non-hydrogen) atoms. The van der Waals surface area contributed by atoms with Crippen LogP contribution < -0.4 is 16.4 Å². The first kappa shape index (κ1) is 20.0. The van der Waals surface area contributed by atoms with Gasteiger partial charge in [-0.3, -0.25) is 0 Å². The van der Waals surface area contributed by atoms with Gasteiger partial charge in [0.05, 0.1) is 17.1 Å². The molecule has 0 atom stereocenters. The van der Waals surface area contributed by atoms with Gasteiger partial charge in [-0.05, 0) is 29.7 Å². The summed E-state index contributed by atoms with van der Waals surface area (Å²) in [6.07, 6.45) is 3.10. The Morgan fingerprint density at radius 1 is 1.30 bits per heavy atom. The Labute approximate surface area is 160 Å². The van der Waals surface area contributed by atoms with Gasteiger partial charge in [-0.2, -0.15) is 5.26 Å². The molecule has 0 amide bonds. The molecule has 0 radical (unpaired) electrons. The van der Waals surface area contributed by atoms with Crippen LogP contribution in [0.15, 0.2) is 36.5 Å². The zero-order chi connectivity index (χ0) is 20.0. The molecule has 0 saturated carbocycles. The Hall–Kier alpha value is -3.33. The third-order valence-electron chi connectivity index (χ3n) is 3.96. The molecule has 0 saturated heterocycles. The average molecular weight is 362 g/mol. The smallest absolute Gasteiger partial charge is 0.141 e. The highest BCUT2D eigenvalue weighted by Crippen LogP contribution is 2.30. The van der Waals surface area contributed by atoms with Crippen molar-refractivity contribution in [3.63, 3.8) is 0 Å². The van der Waals surface area contributed by atoms with Crippen LogP contribution in [-0.4, -0.2) is 24.8 Å². The lowest BCUT2D eigenvalue weighted by atomic mass is 9.96. The van der Waals surface area contributed by atoms with Gasteiger partial charge >= 0.3 is 0 Å². The van der Waals surface area contributed by atoms with Crippen molar-refractivity contribution < 1.29 is 0 Å². The monoisotopic (exact) mass is 362 g/mol. The Kier molecular flexibility index (Phi) is 6.19. The van der Waals surface area contributed by atoms with Crippen LogP contribution in [-0.2, 0) is 0 Å². The first-order valence-electron chi connectivity index (χ1n) is 8.72. The summed E-state index contributed by atoms with van der Waals surface area (Å²) in [5, 5.41) is 23.4. The van der Waals surface area contributed by atoms with E-state index in [1.807, 2.05) is 37.5 Å². The van der Waals surface area contributed by atoms with E-state index in [-0.39, 0.29) is 5.41 Å². The van der Waals surface area contributed by atoms with Crippen LogP contribution in [0.5, 0.6) is 0 Å². The van der Waals surface area contributed by atoms with E-state index in [0.29, 0.717) is 22.6 Å². The second-order valence-electron chi connectivity index (χ2n) is 7.44. The largest absolute Gasteiger partial charge is 0.397 e. The van der Waals surface area contributed by atoms with E-state index in [9.17, 15) is 5.26 Å². The molecule has 2 rings (SSSR count). The Morgan fingerprint density at radius 2 is 2.04 bits per heavy atom. The van der Waals surface area contributed by atoms with E-state index in [1.54, 1.807) is 6.07 Å². The Bertz CT molecular complexity index is 900. The fourth-order valence-electron chi connectivity index (χ4n) is 2.58. The number of pyridine rings is 1. The molecule has 0 bridgehead atoms. The van der Waals surface area contributed by atoms with Crippen molar-refractivity contribution in [3.05, 3.63) is 47.8 Å². The lowest BCUT2D eigenvalue weighted by Gasteiger charge is -2.18. The van der Waals surface area contributed by atoms with Crippen molar-refractivity contribution in [2.24, 2.45) is 5.41 Å². The van der Waals surface area contributed by atoms with Crippen molar-refractivity contribution in [1.82, 2.24) is 10.3 Å². The van der Waals surface area contributed by atoms with E-state index >= 15 is 0 Å². The van der Waals surface area contributed by atoms with Crippen LogP contribution in [0.25, 0.3) is 16.8 Å². The maximum Gasteiger partial charge on any atom is 0.141 e. The van der Waals surface area contributed by atoms with E-state index in [2.05, 4.69) is 42.5 Å². The van der Waals surface area contributed by atoms with Gasteiger partial charge in [-0.25, -0.2) is 4.98 Å². The van der Waals surface area contributed by atoms with Gasteiger partial charge in [0, 0.05) is 42.7 Å². The number of aromatic nitrogens is 1. The second-order valence-corrected chi connectivity index (χ2v) is 7.44. The highest BCUT2D eigenvalue weighted by Gasteiger charge is 2.14. The molecule has 0 unspecified atom stereocenters. The van der Waals surface area contributed by atoms with Crippen LogP contribution in [0.4, 0.5) is 11.4 Å². The normalized spacial score (nSPS) is 11.6. The van der Waals surface area contributed by atoms with Gasteiger partial charge in [-0.15, -0.1) is 0 Å². The number of nitrogens with one attached hydrogen (secondary N) is 3. The van der Waals surface area contributed by atoms with Gasteiger partial charge in [0.15, 0.2) is 0 Å². The van der Waals surface area contributed by atoms with Crippen molar-refractivity contribution in [3.8, 4) is 17.3 Å². The zero-order valence-electron chi connectivity index (χ0n) is 16.2. The molecule has 6 nitrogen and oxygen atoms in total. The SMILES string of the molecule is CNc1ccc(-c2nc(C#N)ccc2/C(C=N)=C/NCC(C)(C)C)cc1N. The van der Waals surface area contributed by atoms with Crippen molar-refractivity contribution in [2.45, 2.75) is 20.8 Å². The summed E-state index contributed by atoms with van der Waals surface area (Å²) >= 11 is 0. The average Bonchev–Trinajstić information content (AvgIpc) is 2.64. The summed E-state index contributed by atoms with van der Waals surface area (Å²) < 4.78 is 0. The number of benzene rings is 1. The first-order valence-corrected chi connectivity index (χ1v) is 8.72. The third-order valence-corrected chi connectivity index (χ3v) is 3.96. The molecule has 0 aliphatic carbocycles. The van der Waals surface area contributed by atoms with Crippen molar-refractivity contribution in [2.75, 3.05) is 24.6 Å². The van der Waals surface area contributed by atoms with Gasteiger partial charge in [0.25, 0.3) is 0 Å². The maximum atomic E-state index is 9.24. The Morgan fingerprint density at radius 3 is 2.59 bits per heavy atom. The second kappa shape index (κ2) is 8.37. The molecule has 0 fully saturated rings. The molecule has 140 valence electrons. The fourth-order valence-corrected chi connectivity index (χ4v) is 2.58. The number of anilines is 2. The number of nitriles is 1. The van der Waals surface area contributed by atoms with Gasteiger partial charge < -0.3 is 21.8 Å². The van der Waals surface area contributed by atoms with Crippen LogP contribution in [0.1, 0.15) is 32.0 Å². The summed E-state index contributed by atoms with van der Waals surface area (Å²) in [5.41, 5.74) is 10.8. The number of nitrogens with two attached hydrogens (primary N) is 1. The molecule has 1 aromatic carbocycles. The molecule has 0 spiro atoms. The Balaban J connectivity index is 2.53. The highest BCUT2D eigenvalue weighted by molar-refractivity contribution is 6.10. The summed E-state index contributed by atoms with van der Waals surface area (Å²) in [6, 6.07) is 11.2. The topological polar surface area (TPSA) is 111 Å². The van der Waals surface area contributed by atoms with Gasteiger partial charge in [0.1, 0.15) is 11.8 Å². The molecule has 2 aromatic rings. The van der Waals surface area contributed by atoms with Gasteiger partial charge in [-0.1, -0.05) is 26.8 Å². The summed E-state index contributed by atoms with van der Waals surface area (Å²) in [6.45, 7) is 7.18. The number of nitrogen functional groups attached to an aromatic ring is 1. The molecule has 1 aromatic heterocycles. The van der Waals surface area contributed by atoms with E-state index in [4.69, 9.17) is 11.1 Å². The summed E-state index contributed by atoms with van der Waals surface area (Å²) in [7, 11) is 1.81. The van der Waals surface area contributed by atoms with Crippen LogP contribution in [0.2, 0.25) is 0 Å². The molecule has 0 aliphatic heterocycles. The maximum absolute atomic E-state index is 9.24. The molecule has 0 aliphatic rings. The van der Waals surface area contributed by atoms with Gasteiger partial charge in [0.2, 0.25) is 0 Å². The van der Waals surface area contributed by atoms with Crippen LogP contribution in [0, 0.1) is 22.2 Å². The van der Waals surface area contributed by atoms with Crippen LogP contribution in [0.3, 0.4) is 0 Å². The molecule has 5 N–H and O–H groups in total. The molecule has 6 heteroatoms. The van der Waals surface area contributed by atoms with Crippen LogP contribution >= 0.6 is 0 Å². The first-order chi connectivity index (χ1) is 12.8. The van der Waals surface area contributed by atoms with Crippen molar-refractivity contribution >= 4 is 23.2 Å². The number of hydrogen-bond acceptors (Lipinski definition) is 6. The summed E-state index contributed by atoms with van der Waals surface area (Å²) in [4.78, 5) is 4.47.